The van der Waals surface area contributed by atoms with Gasteiger partial charge >= 0.3 is 6.18 Å². The first kappa shape index (κ1) is 14.9. The van der Waals surface area contributed by atoms with E-state index in [1.807, 2.05) is 0 Å². The van der Waals surface area contributed by atoms with Crippen molar-refractivity contribution in [2.24, 2.45) is 5.73 Å². The fraction of sp³-hybridized carbons (Fsp3) is 0.455. The van der Waals surface area contributed by atoms with Crippen LogP contribution in [0.5, 0.6) is 11.5 Å². The highest BCUT2D eigenvalue weighted by Crippen LogP contribution is 2.41. The summed E-state index contributed by atoms with van der Waals surface area (Å²) in [6, 6.07) is 1.63. The van der Waals surface area contributed by atoms with Crippen LogP contribution in [0.1, 0.15) is 18.0 Å². The molecule has 0 bridgehead atoms. The molecule has 0 heterocycles. The Morgan fingerprint density at radius 2 is 1.89 bits per heavy atom. The minimum atomic E-state index is -4.35. The molecule has 0 unspecified atom stereocenters. The topological polar surface area (TPSA) is 44.5 Å². The molecule has 102 valence electrons. The number of nitrogens with two attached hydrogens (primary N) is 1. The molecule has 7 heteroatoms. The first-order valence-corrected chi connectivity index (χ1v) is 5.40. The fourth-order valence-electron chi connectivity index (χ4n) is 1.55. The van der Waals surface area contributed by atoms with Gasteiger partial charge in [0.1, 0.15) is 0 Å². The Labute approximate surface area is 108 Å². The van der Waals surface area contributed by atoms with E-state index in [1.54, 1.807) is 0 Å². The van der Waals surface area contributed by atoms with E-state index >= 15 is 0 Å². The van der Waals surface area contributed by atoms with Crippen LogP contribution in [-0.4, -0.2) is 20.4 Å². The van der Waals surface area contributed by atoms with Crippen molar-refractivity contribution in [1.82, 2.24) is 0 Å². The summed E-state index contributed by atoms with van der Waals surface area (Å²) in [5.74, 6) is 0.514. The summed E-state index contributed by atoms with van der Waals surface area (Å²) in [7, 11) is 2.76. The Bertz CT molecular complexity index is 423. The molecule has 0 saturated heterocycles. The first-order valence-electron chi connectivity index (χ1n) is 5.03. The van der Waals surface area contributed by atoms with Gasteiger partial charge in [0.05, 0.1) is 25.7 Å². The van der Waals surface area contributed by atoms with E-state index in [0.29, 0.717) is 5.75 Å². The monoisotopic (exact) mass is 283 g/mol. The summed E-state index contributed by atoms with van der Waals surface area (Å²) < 4.78 is 46.8. The van der Waals surface area contributed by atoms with Gasteiger partial charge in [-0.25, -0.2) is 0 Å². The molecule has 0 aromatic heterocycles. The lowest BCUT2D eigenvalue weighted by atomic mass is 10.0. The number of ether oxygens (including phenoxy) is 2. The maximum absolute atomic E-state index is 12.3. The van der Waals surface area contributed by atoms with Crippen LogP contribution in [0.15, 0.2) is 12.1 Å². The Morgan fingerprint density at radius 3 is 2.33 bits per heavy atom. The van der Waals surface area contributed by atoms with E-state index in [-0.39, 0.29) is 16.3 Å². The Hall–Kier alpha value is -1.14. The maximum atomic E-state index is 12.3. The molecular weight excluding hydrogens is 271 g/mol. The molecule has 0 fully saturated rings. The number of alkyl halides is 3. The van der Waals surface area contributed by atoms with Gasteiger partial charge in [0.2, 0.25) is 0 Å². The van der Waals surface area contributed by atoms with Crippen LogP contribution in [0.3, 0.4) is 0 Å². The van der Waals surface area contributed by atoms with Crippen LogP contribution in [0.25, 0.3) is 0 Å². The Morgan fingerprint density at radius 1 is 1.28 bits per heavy atom. The van der Waals surface area contributed by atoms with Gasteiger partial charge in [-0.05, 0) is 11.6 Å². The van der Waals surface area contributed by atoms with Crippen LogP contribution < -0.4 is 15.2 Å². The molecule has 1 aromatic rings. The number of hydrogen-bond acceptors (Lipinski definition) is 3. The number of benzene rings is 1. The van der Waals surface area contributed by atoms with Crippen molar-refractivity contribution < 1.29 is 22.6 Å². The van der Waals surface area contributed by atoms with E-state index in [9.17, 15) is 13.2 Å². The highest BCUT2D eigenvalue weighted by molar-refractivity contribution is 6.33. The van der Waals surface area contributed by atoms with Gasteiger partial charge in [0.15, 0.2) is 11.5 Å². The van der Waals surface area contributed by atoms with Crippen molar-refractivity contribution in [3.63, 3.8) is 0 Å². The average molecular weight is 284 g/mol. The molecular formula is C11H13ClF3NO2. The molecule has 0 saturated carbocycles. The predicted octanol–water partition coefficient (Wildman–Crippen LogP) is 3.31. The van der Waals surface area contributed by atoms with E-state index in [1.165, 1.54) is 26.4 Å². The quantitative estimate of drug-likeness (QED) is 0.922. The molecule has 2 N–H and O–H groups in total. The van der Waals surface area contributed by atoms with Crippen molar-refractivity contribution in [2.45, 2.75) is 18.6 Å². The second-order valence-corrected chi connectivity index (χ2v) is 4.01. The zero-order valence-electron chi connectivity index (χ0n) is 9.84. The standard InChI is InChI=1S/C11H13ClF3NO2/c1-17-8-4-3-6(9(12)10(8)18-2)7(16)5-11(13,14)15/h3-4,7H,5,16H2,1-2H3/t7-/m0/s1. The van der Waals surface area contributed by atoms with Crippen molar-refractivity contribution in [1.29, 1.82) is 0 Å². The average Bonchev–Trinajstić information content (AvgIpc) is 2.25. The van der Waals surface area contributed by atoms with E-state index < -0.39 is 18.6 Å². The number of hydrogen-bond donors (Lipinski definition) is 1. The van der Waals surface area contributed by atoms with Crippen LogP contribution >= 0.6 is 11.6 Å². The summed E-state index contributed by atoms with van der Waals surface area (Å²) in [6.07, 6.45) is -5.50. The van der Waals surface area contributed by atoms with Gasteiger partial charge in [0, 0.05) is 6.04 Å². The third kappa shape index (κ3) is 3.43. The van der Waals surface area contributed by atoms with Crippen molar-refractivity contribution >= 4 is 11.6 Å². The van der Waals surface area contributed by atoms with E-state index in [2.05, 4.69) is 0 Å². The second kappa shape index (κ2) is 5.67. The first-order chi connectivity index (χ1) is 8.30. The van der Waals surface area contributed by atoms with Crippen LogP contribution in [0.2, 0.25) is 5.02 Å². The number of halogens is 4. The molecule has 0 spiro atoms. The number of rotatable bonds is 4. The Kier molecular flexibility index (Phi) is 4.70. The zero-order chi connectivity index (χ0) is 13.9. The SMILES string of the molecule is COc1ccc([C@@H](N)CC(F)(F)F)c(Cl)c1OC. The molecule has 1 rings (SSSR count). The fourth-order valence-corrected chi connectivity index (χ4v) is 1.92. The van der Waals surface area contributed by atoms with Gasteiger partial charge in [-0.1, -0.05) is 17.7 Å². The number of methoxy groups -OCH3 is 2. The summed E-state index contributed by atoms with van der Waals surface area (Å²) in [6.45, 7) is 0. The van der Waals surface area contributed by atoms with Crippen LogP contribution in [-0.2, 0) is 0 Å². The Balaban J connectivity index is 3.11. The minimum absolute atomic E-state index is 0.0357. The van der Waals surface area contributed by atoms with Crippen molar-refractivity contribution in [2.75, 3.05) is 14.2 Å². The summed E-state index contributed by atoms with van der Waals surface area (Å²) in [5, 5.41) is 0.0357. The molecule has 3 nitrogen and oxygen atoms in total. The lowest BCUT2D eigenvalue weighted by molar-refractivity contribution is -0.138. The van der Waals surface area contributed by atoms with Gasteiger partial charge < -0.3 is 15.2 Å². The summed E-state index contributed by atoms with van der Waals surface area (Å²) >= 11 is 5.96. The lowest BCUT2D eigenvalue weighted by Gasteiger charge is -2.18. The van der Waals surface area contributed by atoms with Crippen LogP contribution in [0.4, 0.5) is 13.2 Å². The molecule has 1 atom stereocenters. The van der Waals surface area contributed by atoms with Crippen molar-refractivity contribution in [3.05, 3.63) is 22.7 Å². The van der Waals surface area contributed by atoms with Gasteiger partial charge in [-0.15, -0.1) is 0 Å². The smallest absolute Gasteiger partial charge is 0.390 e. The normalized spacial score (nSPS) is 13.3. The molecule has 0 aliphatic rings. The highest BCUT2D eigenvalue weighted by atomic mass is 35.5. The lowest BCUT2D eigenvalue weighted by Crippen LogP contribution is -2.20. The molecule has 0 aliphatic heterocycles. The van der Waals surface area contributed by atoms with Gasteiger partial charge in [-0.2, -0.15) is 13.2 Å². The van der Waals surface area contributed by atoms with Gasteiger partial charge in [0.25, 0.3) is 0 Å². The van der Waals surface area contributed by atoms with Crippen LogP contribution in [0, 0.1) is 0 Å². The van der Waals surface area contributed by atoms with Gasteiger partial charge in [-0.3, -0.25) is 0 Å². The third-order valence-corrected chi connectivity index (χ3v) is 2.76. The second-order valence-electron chi connectivity index (χ2n) is 3.63. The molecule has 1 aromatic carbocycles. The predicted molar refractivity (Wildman–Crippen MR) is 62.2 cm³/mol. The largest absolute Gasteiger partial charge is 0.493 e. The van der Waals surface area contributed by atoms with Crippen molar-refractivity contribution in [3.8, 4) is 11.5 Å². The minimum Gasteiger partial charge on any atom is -0.493 e. The zero-order valence-corrected chi connectivity index (χ0v) is 10.6. The highest BCUT2D eigenvalue weighted by Gasteiger charge is 2.32. The molecule has 18 heavy (non-hydrogen) atoms. The third-order valence-electron chi connectivity index (χ3n) is 2.37. The molecule has 0 aliphatic carbocycles. The summed E-state index contributed by atoms with van der Waals surface area (Å²) in [5.41, 5.74) is 5.67. The molecule has 0 radical (unpaired) electrons. The van der Waals surface area contributed by atoms with E-state index in [0.717, 1.165) is 0 Å². The summed E-state index contributed by atoms with van der Waals surface area (Å²) in [4.78, 5) is 0. The van der Waals surface area contributed by atoms with E-state index in [4.69, 9.17) is 26.8 Å². The maximum Gasteiger partial charge on any atom is 0.390 e. The molecule has 0 amide bonds.